The van der Waals surface area contributed by atoms with Gasteiger partial charge in [-0.25, -0.2) is 4.39 Å². The van der Waals surface area contributed by atoms with Crippen molar-refractivity contribution in [2.45, 2.75) is 25.7 Å². The molecular formula is C13H17BrFNO. The molecule has 1 saturated heterocycles. The number of halogens is 2. The van der Waals surface area contributed by atoms with Crippen LogP contribution in [0.2, 0.25) is 0 Å². The van der Waals surface area contributed by atoms with Gasteiger partial charge in [-0.3, -0.25) is 0 Å². The standard InChI is InChI=1S/C13H17BrFNO/c1-8-11(15)7-10(14)13(17-2)12(8)9-3-5-16-6-4-9/h7,9,16H,3-6H2,1-2H3. The van der Waals surface area contributed by atoms with Crippen LogP contribution >= 0.6 is 15.9 Å². The van der Waals surface area contributed by atoms with Gasteiger partial charge in [0.2, 0.25) is 0 Å². The fraction of sp³-hybridized carbons (Fsp3) is 0.538. The van der Waals surface area contributed by atoms with Gasteiger partial charge in [0.15, 0.2) is 0 Å². The first-order chi connectivity index (χ1) is 8.15. The van der Waals surface area contributed by atoms with E-state index in [4.69, 9.17) is 4.74 Å². The SMILES string of the molecule is COc1c(Br)cc(F)c(C)c1C1CCNCC1. The molecule has 1 aliphatic heterocycles. The quantitative estimate of drug-likeness (QED) is 0.904. The number of hydrogen-bond donors (Lipinski definition) is 1. The number of ether oxygens (including phenoxy) is 1. The minimum Gasteiger partial charge on any atom is -0.495 e. The first-order valence-electron chi connectivity index (χ1n) is 5.88. The van der Waals surface area contributed by atoms with Crippen molar-refractivity contribution in [3.05, 3.63) is 27.5 Å². The maximum Gasteiger partial charge on any atom is 0.136 e. The van der Waals surface area contributed by atoms with E-state index in [1.165, 1.54) is 6.07 Å². The van der Waals surface area contributed by atoms with Crippen molar-refractivity contribution < 1.29 is 9.13 Å². The molecule has 0 aromatic heterocycles. The number of nitrogens with one attached hydrogen (secondary N) is 1. The third-order valence-electron chi connectivity index (χ3n) is 3.43. The Kier molecular flexibility index (Phi) is 4.05. The molecule has 0 bridgehead atoms. The number of methoxy groups -OCH3 is 1. The largest absolute Gasteiger partial charge is 0.495 e. The molecule has 0 aliphatic carbocycles. The molecule has 17 heavy (non-hydrogen) atoms. The van der Waals surface area contributed by atoms with Crippen LogP contribution in [0.25, 0.3) is 0 Å². The van der Waals surface area contributed by atoms with Gasteiger partial charge >= 0.3 is 0 Å². The van der Waals surface area contributed by atoms with Gasteiger partial charge in [-0.15, -0.1) is 0 Å². The van der Waals surface area contributed by atoms with Crippen LogP contribution in [0.3, 0.4) is 0 Å². The Hall–Kier alpha value is -0.610. The molecule has 1 heterocycles. The summed E-state index contributed by atoms with van der Waals surface area (Å²) >= 11 is 3.38. The van der Waals surface area contributed by atoms with Crippen molar-refractivity contribution >= 4 is 15.9 Å². The van der Waals surface area contributed by atoms with Gasteiger partial charge < -0.3 is 10.1 Å². The van der Waals surface area contributed by atoms with Gasteiger partial charge in [-0.05, 0) is 66.3 Å². The van der Waals surface area contributed by atoms with Crippen molar-refractivity contribution in [3.8, 4) is 5.75 Å². The van der Waals surface area contributed by atoms with Crippen LogP contribution in [0.15, 0.2) is 10.5 Å². The topological polar surface area (TPSA) is 21.3 Å². The molecule has 0 amide bonds. The molecule has 94 valence electrons. The van der Waals surface area contributed by atoms with Gasteiger partial charge in [-0.1, -0.05) is 0 Å². The first kappa shape index (κ1) is 12.8. The van der Waals surface area contributed by atoms with E-state index in [9.17, 15) is 4.39 Å². The molecule has 0 unspecified atom stereocenters. The van der Waals surface area contributed by atoms with Crippen molar-refractivity contribution in [2.24, 2.45) is 0 Å². The Labute approximate surface area is 110 Å². The van der Waals surface area contributed by atoms with Gasteiger partial charge in [0.05, 0.1) is 11.6 Å². The summed E-state index contributed by atoms with van der Waals surface area (Å²) in [5.74, 6) is 1.01. The van der Waals surface area contributed by atoms with Crippen molar-refractivity contribution in [1.82, 2.24) is 5.32 Å². The van der Waals surface area contributed by atoms with E-state index in [2.05, 4.69) is 21.2 Å². The van der Waals surface area contributed by atoms with Crippen LogP contribution in [-0.2, 0) is 0 Å². The lowest BCUT2D eigenvalue weighted by Crippen LogP contribution is -2.27. The molecule has 4 heteroatoms. The highest BCUT2D eigenvalue weighted by Gasteiger charge is 2.24. The lowest BCUT2D eigenvalue weighted by atomic mass is 9.86. The molecule has 0 saturated carbocycles. The number of rotatable bonds is 2. The van der Waals surface area contributed by atoms with Crippen LogP contribution in [-0.4, -0.2) is 20.2 Å². The van der Waals surface area contributed by atoms with Crippen LogP contribution in [0, 0.1) is 12.7 Å². The summed E-state index contributed by atoms with van der Waals surface area (Å²) in [5.41, 5.74) is 1.75. The highest BCUT2D eigenvalue weighted by atomic mass is 79.9. The van der Waals surface area contributed by atoms with E-state index in [0.29, 0.717) is 10.4 Å². The minimum absolute atomic E-state index is 0.161. The highest BCUT2D eigenvalue weighted by molar-refractivity contribution is 9.10. The van der Waals surface area contributed by atoms with Crippen LogP contribution in [0.5, 0.6) is 5.75 Å². The van der Waals surface area contributed by atoms with Crippen molar-refractivity contribution in [3.63, 3.8) is 0 Å². The van der Waals surface area contributed by atoms with Gasteiger partial charge in [0.25, 0.3) is 0 Å². The maximum absolute atomic E-state index is 13.8. The molecule has 1 N–H and O–H groups in total. The summed E-state index contributed by atoms with van der Waals surface area (Å²) in [6.45, 7) is 3.81. The normalized spacial score (nSPS) is 17.2. The molecule has 1 aromatic rings. The number of piperidine rings is 1. The Morgan fingerprint density at radius 3 is 2.65 bits per heavy atom. The third-order valence-corrected chi connectivity index (χ3v) is 4.02. The van der Waals surface area contributed by atoms with Crippen LogP contribution in [0.1, 0.15) is 29.9 Å². The molecule has 0 atom stereocenters. The van der Waals surface area contributed by atoms with E-state index in [1.54, 1.807) is 7.11 Å². The minimum atomic E-state index is -0.161. The summed E-state index contributed by atoms with van der Waals surface area (Å²) in [6, 6.07) is 1.48. The lowest BCUT2D eigenvalue weighted by Gasteiger charge is -2.26. The summed E-state index contributed by atoms with van der Waals surface area (Å²) in [4.78, 5) is 0. The highest BCUT2D eigenvalue weighted by Crippen LogP contribution is 2.40. The third kappa shape index (κ3) is 2.47. The predicted molar refractivity (Wildman–Crippen MR) is 70.2 cm³/mol. The molecule has 0 radical (unpaired) electrons. The molecule has 2 rings (SSSR count). The second-order valence-electron chi connectivity index (χ2n) is 4.44. The first-order valence-corrected chi connectivity index (χ1v) is 6.67. The Morgan fingerprint density at radius 2 is 2.06 bits per heavy atom. The van der Waals surface area contributed by atoms with E-state index in [1.807, 2.05) is 6.92 Å². The van der Waals surface area contributed by atoms with E-state index in [-0.39, 0.29) is 5.82 Å². The number of benzene rings is 1. The molecule has 0 spiro atoms. The number of hydrogen-bond acceptors (Lipinski definition) is 2. The summed E-state index contributed by atoms with van der Waals surface area (Å²) in [6.07, 6.45) is 2.07. The zero-order chi connectivity index (χ0) is 12.4. The Bertz CT molecular complexity index is 416. The van der Waals surface area contributed by atoms with E-state index in [0.717, 1.165) is 42.8 Å². The maximum atomic E-state index is 13.8. The van der Waals surface area contributed by atoms with E-state index >= 15 is 0 Å². The van der Waals surface area contributed by atoms with E-state index < -0.39 is 0 Å². The summed E-state index contributed by atoms with van der Waals surface area (Å²) < 4.78 is 19.9. The fourth-order valence-electron chi connectivity index (χ4n) is 2.52. The monoisotopic (exact) mass is 301 g/mol. The smallest absolute Gasteiger partial charge is 0.136 e. The molecule has 1 aromatic carbocycles. The van der Waals surface area contributed by atoms with Gasteiger partial charge in [-0.2, -0.15) is 0 Å². The Balaban J connectivity index is 2.48. The Morgan fingerprint density at radius 1 is 1.41 bits per heavy atom. The fourth-order valence-corrected chi connectivity index (χ4v) is 3.10. The van der Waals surface area contributed by atoms with Crippen LogP contribution < -0.4 is 10.1 Å². The summed E-state index contributed by atoms with van der Waals surface area (Å²) in [7, 11) is 1.64. The second-order valence-corrected chi connectivity index (χ2v) is 5.29. The average molecular weight is 302 g/mol. The average Bonchev–Trinajstić information content (AvgIpc) is 2.34. The van der Waals surface area contributed by atoms with Crippen molar-refractivity contribution in [1.29, 1.82) is 0 Å². The zero-order valence-electron chi connectivity index (χ0n) is 10.1. The summed E-state index contributed by atoms with van der Waals surface area (Å²) in [5, 5.41) is 3.32. The molecule has 2 nitrogen and oxygen atoms in total. The molecule has 1 fully saturated rings. The van der Waals surface area contributed by atoms with Gasteiger partial charge in [0.1, 0.15) is 11.6 Å². The molecular weight excluding hydrogens is 285 g/mol. The second kappa shape index (κ2) is 5.36. The van der Waals surface area contributed by atoms with Crippen molar-refractivity contribution in [2.75, 3.05) is 20.2 Å². The molecule has 1 aliphatic rings. The predicted octanol–water partition coefficient (Wildman–Crippen LogP) is 3.37. The lowest BCUT2D eigenvalue weighted by molar-refractivity contribution is 0.386. The zero-order valence-corrected chi connectivity index (χ0v) is 11.7. The van der Waals surface area contributed by atoms with Crippen LogP contribution in [0.4, 0.5) is 4.39 Å². The van der Waals surface area contributed by atoms with Gasteiger partial charge in [0, 0.05) is 5.56 Å².